The summed E-state index contributed by atoms with van der Waals surface area (Å²) in [6.07, 6.45) is 2.30. The maximum absolute atomic E-state index is 13.4. The van der Waals surface area contributed by atoms with E-state index in [9.17, 15) is 9.18 Å². The lowest BCUT2D eigenvalue weighted by atomic mass is 10.1. The molecule has 0 aliphatic rings. The Bertz CT molecular complexity index is 430. The standard InChI is InChI=1S/C14H18FNO2/c1-11(14(17)16-8-5-9-18-2)10-12-6-3-4-7-13(12)15/h3-4,6-7,10H,5,8-9H2,1-2H3,(H,16,17)/b11-10+. The zero-order valence-electron chi connectivity index (χ0n) is 10.7. The number of carbonyl (C=O) groups is 1. The van der Waals surface area contributed by atoms with Crippen LogP contribution in [0, 0.1) is 5.82 Å². The lowest BCUT2D eigenvalue weighted by Crippen LogP contribution is -2.25. The molecule has 98 valence electrons. The first kappa shape index (κ1) is 14.4. The molecule has 0 saturated heterocycles. The number of hydrogen-bond donors (Lipinski definition) is 1. The number of amides is 1. The maximum Gasteiger partial charge on any atom is 0.246 e. The molecule has 0 aliphatic heterocycles. The molecule has 1 aromatic rings. The Morgan fingerprint density at radius 3 is 2.83 bits per heavy atom. The molecule has 0 aromatic heterocycles. The van der Waals surface area contributed by atoms with Crippen LogP contribution in [0.2, 0.25) is 0 Å². The van der Waals surface area contributed by atoms with E-state index >= 15 is 0 Å². The van der Waals surface area contributed by atoms with Crippen LogP contribution < -0.4 is 5.32 Å². The second-order valence-corrected chi connectivity index (χ2v) is 3.95. The van der Waals surface area contributed by atoms with Crippen molar-refractivity contribution in [3.05, 3.63) is 41.2 Å². The van der Waals surface area contributed by atoms with E-state index in [4.69, 9.17) is 4.74 Å². The van der Waals surface area contributed by atoms with Crippen molar-refractivity contribution in [2.75, 3.05) is 20.3 Å². The minimum Gasteiger partial charge on any atom is -0.385 e. The molecule has 0 aliphatic carbocycles. The Kier molecular flexibility index (Phi) is 6.08. The fraction of sp³-hybridized carbons (Fsp3) is 0.357. The van der Waals surface area contributed by atoms with E-state index in [0.29, 0.717) is 24.3 Å². The summed E-state index contributed by atoms with van der Waals surface area (Å²) in [5.74, 6) is -0.515. The average Bonchev–Trinajstić information content (AvgIpc) is 2.37. The van der Waals surface area contributed by atoms with Gasteiger partial charge in [0.15, 0.2) is 0 Å². The quantitative estimate of drug-likeness (QED) is 0.622. The highest BCUT2D eigenvalue weighted by Gasteiger charge is 2.05. The number of benzene rings is 1. The van der Waals surface area contributed by atoms with Gasteiger partial charge in [-0.3, -0.25) is 4.79 Å². The largest absolute Gasteiger partial charge is 0.385 e. The van der Waals surface area contributed by atoms with E-state index < -0.39 is 0 Å². The number of ether oxygens (including phenoxy) is 1. The summed E-state index contributed by atoms with van der Waals surface area (Å²) in [6, 6.07) is 6.36. The molecule has 0 atom stereocenters. The van der Waals surface area contributed by atoms with E-state index in [1.54, 1.807) is 38.3 Å². The van der Waals surface area contributed by atoms with Crippen LogP contribution in [-0.2, 0) is 9.53 Å². The lowest BCUT2D eigenvalue weighted by Gasteiger charge is -2.05. The molecule has 0 radical (unpaired) electrons. The first-order chi connectivity index (χ1) is 8.65. The molecule has 0 heterocycles. The van der Waals surface area contributed by atoms with Crippen molar-refractivity contribution in [3.8, 4) is 0 Å². The normalized spacial score (nSPS) is 11.4. The second-order valence-electron chi connectivity index (χ2n) is 3.95. The third-order valence-corrected chi connectivity index (χ3v) is 2.45. The van der Waals surface area contributed by atoms with Gasteiger partial charge in [-0.25, -0.2) is 4.39 Å². The van der Waals surface area contributed by atoms with Crippen LogP contribution in [0.1, 0.15) is 18.9 Å². The summed E-state index contributed by atoms with van der Waals surface area (Å²) in [7, 11) is 1.62. The molecular weight excluding hydrogens is 233 g/mol. The SMILES string of the molecule is COCCCNC(=O)/C(C)=C/c1ccccc1F. The number of methoxy groups -OCH3 is 1. The first-order valence-electron chi connectivity index (χ1n) is 5.85. The number of rotatable bonds is 6. The van der Waals surface area contributed by atoms with Crippen LogP contribution in [0.5, 0.6) is 0 Å². The van der Waals surface area contributed by atoms with Crippen molar-refractivity contribution in [2.45, 2.75) is 13.3 Å². The fourth-order valence-corrected chi connectivity index (χ4v) is 1.45. The van der Waals surface area contributed by atoms with E-state index in [1.165, 1.54) is 6.07 Å². The average molecular weight is 251 g/mol. The van der Waals surface area contributed by atoms with Crippen molar-refractivity contribution in [1.82, 2.24) is 5.32 Å². The van der Waals surface area contributed by atoms with Gasteiger partial charge in [0.25, 0.3) is 0 Å². The smallest absolute Gasteiger partial charge is 0.246 e. The molecule has 1 rings (SSSR count). The van der Waals surface area contributed by atoms with Gasteiger partial charge in [0.1, 0.15) is 5.82 Å². The van der Waals surface area contributed by atoms with Crippen LogP contribution in [0.3, 0.4) is 0 Å². The van der Waals surface area contributed by atoms with Crippen LogP contribution in [-0.4, -0.2) is 26.2 Å². The van der Waals surface area contributed by atoms with Gasteiger partial charge in [0.2, 0.25) is 5.91 Å². The molecular formula is C14H18FNO2. The molecule has 0 saturated carbocycles. The monoisotopic (exact) mass is 251 g/mol. The molecule has 1 aromatic carbocycles. The van der Waals surface area contributed by atoms with Crippen molar-refractivity contribution in [2.24, 2.45) is 0 Å². The van der Waals surface area contributed by atoms with E-state index in [1.807, 2.05) is 0 Å². The molecule has 1 N–H and O–H groups in total. The molecule has 4 heteroatoms. The number of nitrogens with one attached hydrogen (secondary N) is 1. The minimum absolute atomic E-state index is 0.186. The van der Waals surface area contributed by atoms with E-state index in [2.05, 4.69) is 5.32 Å². The van der Waals surface area contributed by atoms with Gasteiger partial charge >= 0.3 is 0 Å². The maximum atomic E-state index is 13.4. The molecule has 0 unspecified atom stereocenters. The predicted octanol–water partition coefficient (Wildman–Crippen LogP) is 2.38. The van der Waals surface area contributed by atoms with Gasteiger partial charge in [-0.05, 0) is 25.5 Å². The Morgan fingerprint density at radius 1 is 1.44 bits per heavy atom. The highest BCUT2D eigenvalue weighted by atomic mass is 19.1. The highest BCUT2D eigenvalue weighted by molar-refractivity contribution is 5.97. The van der Waals surface area contributed by atoms with Crippen LogP contribution in [0.15, 0.2) is 29.8 Å². The van der Waals surface area contributed by atoms with Crippen molar-refractivity contribution in [1.29, 1.82) is 0 Å². The Balaban J connectivity index is 2.55. The van der Waals surface area contributed by atoms with Crippen molar-refractivity contribution in [3.63, 3.8) is 0 Å². The Hall–Kier alpha value is -1.68. The first-order valence-corrected chi connectivity index (χ1v) is 5.85. The number of halogens is 1. The van der Waals surface area contributed by atoms with Gasteiger partial charge in [-0.1, -0.05) is 18.2 Å². The van der Waals surface area contributed by atoms with Crippen LogP contribution in [0.25, 0.3) is 6.08 Å². The molecule has 0 bridgehead atoms. The Morgan fingerprint density at radius 2 is 2.17 bits per heavy atom. The summed E-state index contributed by atoms with van der Waals surface area (Å²) in [4.78, 5) is 11.7. The highest BCUT2D eigenvalue weighted by Crippen LogP contribution is 2.11. The summed E-state index contributed by atoms with van der Waals surface area (Å²) < 4.78 is 18.3. The number of hydrogen-bond acceptors (Lipinski definition) is 2. The zero-order valence-corrected chi connectivity index (χ0v) is 10.7. The minimum atomic E-state index is -0.330. The van der Waals surface area contributed by atoms with Crippen LogP contribution >= 0.6 is 0 Å². The van der Waals surface area contributed by atoms with Gasteiger partial charge in [0, 0.05) is 31.4 Å². The van der Waals surface area contributed by atoms with Crippen molar-refractivity contribution < 1.29 is 13.9 Å². The van der Waals surface area contributed by atoms with Gasteiger partial charge in [-0.2, -0.15) is 0 Å². The molecule has 3 nitrogen and oxygen atoms in total. The zero-order chi connectivity index (χ0) is 13.4. The fourth-order valence-electron chi connectivity index (χ4n) is 1.45. The van der Waals surface area contributed by atoms with Crippen LogP contribution in [0.4, 0.5) is 4.39 Å². The summed E-state index contributed by atoms with van der Waals surface area (Å²) >= 11 is 0. The number of carbonyl (C=O) groups excluding carboxylic acids is 1. The van der Waals surface area contributed by atoms with E-state index in [0.717, 1.165) is 6.42 Å². The topological polar surface area (TPSA) is 38.3 Å². The van der Waals surface area contributed by atoms with Gasteiger partial charge < -0.3 is 10.1 Å². The predicted molar refractivity (Wildman–Crippen MR) is 69.6 cm³/mol. The second kappa shape index (κ2) is 7.61. The third kappa shape index (κ3) is 4.67. The Labute approximate surface area is 107 Å². The lowest BCUT2D eigenvalue weighted by molar-refractivity contribution is -0.117. The summed E-state index contributed by atoms with van der Waals surface area (Å²) in [6.45, 7) is 2.82. The molecule has 18 heavy (non-hydrogen) atoms. The van der Waals surface area contributed by atoms with Crippen molar-refractivity contribution >= 4 is 12.0 Å². The molecule has 1 amide bonds. The van der Waals surface area contributed by atoms with Gasteiger partial charge in [0.05, 0.1) is 0 Å². The molecule has 0 fully saturated rings. The van der Waals surface area contributed by atoms with Gasteiger partial charge in [-0.15, -0.1) is 0 Å². The summed E-state index contributed by atoms with van der Waals surface area (Å²) in [5.41, 5.74) is 0.902. The third-order valence-electron chi connectivity index (χ3n) is 2.45. The molecule has 0 spiro atoms. The van der Waals surface area contributed by atoms with E-state index in [-0.39, 0.29) is 11.7 Å². The summed E-state index contributed by atoms with van der Waals surface area (Å²) in [5, 5.41) is 2.75.